The van der Waals surface area contributed by atoms with E-state index in [-0.39, 0.29) is 12.8 Å². The van der Waals surface area contributed by atoms with Crippen LogP contribution in [0, 0.1) is 0 Å². The molecule has 1 heterocycles. The van der Waals surface area contributed by atoms with Crippen LogP contribution in [0.15, 0.2) is 12.5 Å². The molecule has 0 aliphatic rings. The van der Waals surface area contributed by atoms with Crippen LogP contribution in [0.2, 0.25) is 0 Å². The van der Waals surface area contributed by atoms with Gasteiger partial charge in [-0.2, -0.15) is 11.8 Å². The zero-order valence-corrected chi connectivity index (χ0v) is 18.6. The Morgan fingerprint density at radius 1 is 1.12 bits per heavy atom. The fourth-order valence-electron chi connectivity index (χ4n) is 2.57. The van der Waals surface area contributed by atoms with E-state index in [0.717, 1.165) is 0 Å². The largest absolute Gasteiger partial charge is 0.480 e. The lowest BCUT2D eigenvalue weighted by atomic mass is 10.1. The molecular weight excluding hydrogens is 442 g/mol. The highest BCUT2D eigenvalue weighted by molar-refractivity contribution is 7.98. The lowest BCUT2D eigenvalue weighted by Crippen LogP contribution is -2.57. The molecule has 0 radical (unpaired) electrons. The van der Waals surface area contributed by atoms with Gasteiger partial charge in [0, 0.05) is 18.3 Å². The van der Waals surface area contributed by atoms with Crippen LogP contribution in [0.3, 0.4) is 0 Å². The third kappa shape index (κ3) is 9.34. The lowest BCUT2D eigenvalue weighted by Gasteiger charge is -2.24. The third-order valence-corrected chi connectivity index (χ3v) is 4.99. The minimum Gasteiger partial charge on any atom is -0.480 e. The van der Waals surface area contributed by atoms with Crippen molar-refractivity contribution in [3.8, 4) is 0 Å². The molecule has 0 fully saturated rings. The molecule has 0 saturated heterocycles. The van der Waals surface area contributed by atoms with Crippen LogP contribution in [0.1, 0.15) is 25.5 Å². The van der Waals surface area contributed by atoms with Crippen molar-refractivity contribution in [3.63, 3.8) is 0 Å². The second-order valence-electron chi connectivity index (χ2n) is 7.03. The van der Waals surface area contributed by atoms with Crippen molar-refractivity contribution in [2.24, 2.45) is 11.5 Å². The Hall–Kier alpha value is -3.13. The van der Waals surface area contributed by atoms with E-state index in [4.69, 9.17) is 16.6 Å². The van der Waals surface area contributed by atoms with Gasteiger partial charge in [0.15, 0.2) is 0 Å². The van der Waals surface area contributed by atoms with Crippen LogP contribution in [-0.2, 0) is 30.4 Å². The number of hydrogen-bond acceptors (Lipinski definition) is 8. The first-order chi connectivity index (χ1) is 15.0. The van der Waals surface area contributed by atoms with Gasteiger partial charge in [0.1, 0.15) is 18.1 Å². The van der Waals surface area contributed by atoms with E-state index in [0.29, 0.717) is 11.4 Å². The third-order valence-electron chi connectivity index (χ3n) is 4.34. The molecule has 0 aromatic carbocycles. The molecule has 1 aromatic heterocycles. The van der Waals surface area contributed by atoms with Crippen LogP contribution in [0.4, 0.5) is 0 Å². The number of primary amides is 1. The number of imidazole rings is 1. The van der Waals surface area contributed by atoms with Gasteiger partial charge in [0.05, 0.1) is 18.8 Å². The Kier molecular flexibility index (Phi) is 11.2. The molecule has 14 heteroatoms. The number of aromatic amines is 1. The molecule has 13 nitrogen and oxygen atoms in total. The van der Waals surface area contributed by atoms with E-state index in [9.17, 15) is 24.0 Å². The highest BCUT2D eigenvalue weighted by Gasteiger charge is 2.30. The average Bonchev–Trinajstić information content (AvgIpc) is 3.22. The van der Waals surface area contributed by atoms with Crippen LogP contribution in [0.25, 0.3) is 0 Å². The summed E-state index contributed by atoms with van der Waals surface area (Å²) in [5.41, 5.74) is 11.7. The summed E-state index contributed by atoms with van der Waals surface area (Å²) in [6, 6.07) is -4.65. The predicted octanol–water partition coefficient (Wildman–Crippen LogP) is -2.53. The maximum absolute atomic E-state index is 12.8. The molecule has 1 aromatic rings. The number of carbonyl (C=O) groups excluding carboxylic acids is 4. The minimum absolute atomic E-state index is 0.169. The number of amides is 4. The summed E-state index contributed by atoms with van der Waals surface area (Å²) in [7, 11) is 0. The summed E-state index contributed by atoms with van der Waals surface area (Å²) < 4.78 is 0. The standard InChI is InChI=1S/C18H29N7O6S/c1-9(18(30)31)23-17(29)13(6-14(20)26)25-16(28)12(3-4-32-2)24-15(27)11(19)5-10-7-21-8-22-10/h7-9,11-13H,3-6,19H2,1-2H3,(H2,20,26)(H,21,22)(H,23,29)(H,24,27)(H,25,28)(H,30,31). The van der Waals surface area contributed by atoms with Crippen molar-refractivity contribution < 1.29 is 29.1 Å². The normalized spacial score (nSPS) is 14.5. The zero-order chi connectivity index (χ0) is 24.3. The van der Waals surface area contributed by atoms with Gasteiger partial charge >= 0.3 is 5.97 Å². The van der Waals surface area contributed by atoms with Crippen molar-refractivity contribution in [3.05, 3.63) is 18.2 Å². The number of carboxylic acids is 1. The molecule has 0 aliphatic carbocycles. The Labute approximate surface area is 188 Å². The number of thioether (sulfide) groups is 1. The summed E-state index contributed by atoms with van der Waals surface area (Å²) in [5, 5.41) is 16.0. The van der Waals surface area contributed by atoms with Crippen LogP contribution >= 0.6 is 11.8 Å². The van der Waals surface area contributed by atoms with Gasteiger partial charge < -0.3 is 37.5 Å². The SMILES string of the molecule is CSCCC(NC(=O)C(N)Cc1cnc[nH]1)C(=O)NC(CC(N)=O)C(=O)NC(C)C(=O)O. The van der Waals surface area contributed by atoms with Gasteiger partial charge in [-0.1, -0.05) is 0 Å². The average molecular weight is 472 g/mol. The number of aliphatic carboxylic acids is 1. The molecule has 0 aliphatic heterocycles. The molecule has 178 valence electrons. The number of carboxylic acid groups (broad SMARTS) is 1. The molecule has 4 unspecified atom stereocenters. The van der Waals surface area contributed by atoms with Gasteiger partial charge in [-0.15, -0.1) is 0 Å². The van der Waals surface area contributed by atoms with Crippen LogP contribution in [-0.4, -0.2) is 80.8 Å². The molecule has 4 amide bonds. The monoisotopic (exact) mass is 471 g/mol. The number of nitrogens with two attached hydrogens (primary N) is 2. The van der Waals surface area contributed by atoms with Crippen molar-refractivity contribution in [1.82, 2.24) is 25.9 Å². The minimum atomic E-state index is -1.41. The molecule has 0 spiro atoms. The van der Waals surface area contributed by atoms with E-state index < -0.39 is 60.2 Å². The molecule has 32 heavy (non-hydrogen) atoms. The fourth-order valence-corrected chi connectivity index (χ4v) is 3.04. The lowest BCUT2D eigenvalue weighted by molar-refractivity contribution is -0.142. The summed E-state index contributed by atoms with van der Waals surface area (Å²) in [4.78, 5) is 66.6. The Morgan fingerprint density at radius 2 is 1.75 bits per heavy atom. The van der Waals surface area contributed by atoms with Crippen LogP contribution in [0.5, 0.6) is 0 Å². The van der Waals surface area contributed by atoms with E-state index >= 15 is 0 Å². The van der Waals surface area contributed by atoms with E-state index in [1.54, 1.807) is 0 Å². The number of carbonyl (C=O) groups is 5. The Morgan fingerprint density at radius 3 is 2.28 bits per heavy atom. The summed E-state index contributed by atoms with van der Waals surface area (Å²) >= 11 is 1.44. The van der Waals surface area contributed by atoms with Gasteiger partial charge in [0.2, 0.25) is 23.6 Å². The summed E-state index contributed by atoms with van der Waals surface area (Å²) in [6.07, 6.45) is 4.64. The van der Waals surface area contributed by atoms with Crippen molar-refractivity contribution in [2.45, 2.75) is 50.4 Å². The fraction of sp³-hybridized carbons (Fsp3) is 0.556. The Balaban J connectivity index is 2.86. The molecule has 4 atom stereocenters. The predicted molar refractivity (Wildman–Crippen MR) is 116 cm³/mol. The topological polar surface area (TPSA) is 222 Å². The molecule has 9 N–H and O–H groups in total. The molecule has 0 saturated carbocycles. The number of aromatic nitrogens is 2. The molecule has 0 bridgehead atoms. The summed E-state index contributed by atoms with van der Waals surface area (Å²) in [6.45, 7) is 1.23. The maximum atomic E-state index is 12.8. The second-order valence-corrected chi connectivity index (χ2v) is 8.02. The Bertz CT molecular complexity index is 804. The highest BCUT2D eigenvalue weighted by Crippen LogP contribution is 2.05. The number of nitrogens with zero attached hydrogens (tertiary/aromatic N) is 1. The second kappa shape index (κ2) is 13.3. The van der Waals surface area contributed by atoms with E-state index in [2.05, 4.69) is 25.9 Å². The van der Waals surface area contributed by atoms with Crippen molar-refractivity contribution >= 4 is 41.4 Å². The number of H-pyrrole nitrogens is 1. The first kappa shape index (κ1) is 26.9. The smallest absolute Gasteiger partial charge is 0.325 e. The van der Waals surface area contributed by atoms with Gasteiger partial charge in [-0.25, -0.2) is 4.98 Å². The quantitative estimate of drug-likeness (QED) is 0.152. The molecule has 1 rings (SSSR count). The first-order valence-corrected chi connectivity index (χ1v) is 11.1. The van der Waals surface area contributed by atoms with Crippen molar-refractivity contribution in [1.29, 1.82) is 0 Å². The van der Waals surface area contributed by atoms with E-state index in [1.165, 1.54) is 31.2 Å². The number of rotatable bonds is 14. The van der Waals surface area contributed by atoms with Gasteiger partial charge in [0.25, 0.3) is 0 Å². The maximum Gasteiger partial charge on any atom is 0.325 e. The van der Waals surface area contributed by atoms with Gasteiger partial charge in [-0.3, -0.25) is 24.0 Å². The summed E-state index contributed by atoms with van der Waals surface area (Å²) in [5.74, 6) is -3.87. The number of nitrogens with one attached hydrogen (secondary N) is 4. The van der Waals surface area contributed by atoms with Gasteiger partial charge in [-0.05, 0) is 25.4 Å². The zero-order valence-electron chi connectivity index (χ0n) is 17.8. The number of hydrogen-bond donors (Lipinski definition) is 7. The van der Waals surface area contributed by atoms with Crippen molar-refractivity contribution in [2.75, 3.05) is 12.0 Å². The highest BCUT2D eigenvalue weighted by atomic mass is 32.2. The first-order valence-electron chi connectivity index (χ1n) is 9.69. The van der Waals surface area contributed by atoms with E-state index in [1.807, 2.05) is 6.26 Å². The molecular formula is C18H29N7O6S. The van der Waals surface area contributed by atoms with Crippen LogP contribution < -0.4 is 27.4 Å².